The molecule has 1 aromatic rings. The van der Waals surface area contributed by atoms with Crippen LogP contribution >= 0.6 is 27.7 Å². The molecular formula is C26H36BrN3O5S. The molecule has 3 aliphatic heterocycles. The van der Waals surface area contributed by atoms with Crippen molar-refractivity contribution in [3.8, 4) is 5.75 Å². The normalized spacial score (nSPS) is 30.4. The highest BCUT2D eigenvalue weighted by atomic mass is 79.9. The van der Waals surface area contributed by atoms with E-state index in [1.807, 2.05) is 19.1 Å². The maximum absolute atomic E-state index is 13.9. The van der Waals surface area contributed by atoms with E-state index in [1.165, 1.54) is 0 Å². The van der Waals surface area contributed by atoms with Crippen molar-refractivity contribution in [2.24, 2.45) is 11.8 Å². The number of anilines is 1. The number of rotatable bonds is 12. The molecule has 2 bridgehead atoms. The van der Waals surface area contributed by atoms with Gasteiger partial charge in [0.1, 0.15) is 11.8 Å². The molecule has 0 saturated carbocycles. The SMILES string of the molecule is CCCCNC(=O)C1N(CCCCO)C(=O)[C@@H]2[C@@H](C(=O)Nc3ccc(OCC)cc3)[C@@H]3SC12CC3Br. The molecule has 3 saturated heterocycles. The van der Waals surface area contributed by atoms with Crippen LogP contribution in [0.4, 0.5) is 5.69 Å². The lowest BCUT2D eigenvalue weighted by Crippen LogP contribution is -2.54. The maximum Gasteiger partial charge on any atom is 0.244 e. The molecule has 3 heterocycles. The number of carbonyl (C=O) groups is 3. The van der Waals surface area contributed by atoms with Crippen LogP contribution in [0.25, 0.3) is 0 Å². The van der Waals surface area contributed by atoms with E-state index in [0.29, 0.717) is 44.6 Å². The van der Waals surface area contributed by atoms with Gasteiger partial charge in [0.15, 0.2) is 0 Å². The zero-order chi connectivity index (χ0) is 25.9. The van der Waals surface area contributed by atoms with E-state index >= 15 is 0 Å². The summed E-state index contributed by atoms with van der Waals surface area (Å²) in [6, 6.07) is 6.59. The molecule has 4 rings (SSSR count). The molecule has 6 atom stereocenters. The van der Waals surface area contributed by atoms with Crippen LogP contribution in [0.1, 0.15) is 46.0 Å². The lowest BCUT2D eigenvalue weighted by atomic mass is 9.70. The molecule has 0 radical (unpaired) electrons. The van der Waals surface area contributed by atoms with Crippen molar-refractivity contribution >= 4 is 51.1 Å². The number of fused-ring (bicyclic) bond motifs is 1. The van der Waals surface area contributed by atoms with Crippen LogP contribution in [-0.2, 0) is 14.4 Å². The Morgan fingerprint density at radius 1 is 1.19 bits per heavy atom. The molecule has 0 aliphatic carbocycles. The minimum Gasteiger partial charge on any atom is -0.494 e. The molecule has 8 nitrogen and oxygen atoms in total. The van der Waals surface area contributed by atoms with Crippen molar-refractivity contribution in [1.29, 1.82) is 0 Å². The molecular weight excluding hydrogens is 546 g/mol. The van der Waals surface area contributed by atoms with Crippen molar-refractivity contribution in [2.75, 3.05) is 31.6 Å². The Morgan fingerprint density at radius 3 is 2.61 bits per heavy atom. The Hall–Kier alpha value is -1.78. The van der Waals surface area contributed by atoms with Crippen LogP contribution in [-0.4, -0.2) is 74.9 Å². The van der Waals surface area contributed by atoms with Gasteiger partial charge in [0, 0.05) is 35.5 Å². The van der Waals surface area contributed by atoms with Crippen LogP contribution < -0.4 is 15.4 Å². The van der Waals surface area contributed by atoms with Crippen molar-refractivity contribution in [3.63, 3.8) is 0 Å². The Bertz CT molecular complexity index is 963. The number of hydrogen-bond acceptors (Lipinski definition) is 6. The summed E-state index contributed by atoms with van der Waals surface area (Å²) < 4.78 is 4.84. The fraction of sp³-hybridized carbons (Fsp3) is 0.654. The van der Waals surface area contributed by atoms with E-state index in [1.54, 1.807) is 28.8 Å². The van der Waals surface area contributed by atoms with Crippen LogP contribution in [0.15, 0.2) is 24.3 Å². The van der Waals surface area contributed by atoms with Crippen LogP contribution in [0.5, 0.6) is 5.75 Å². The summed E-state index contributed by atoms with van der Waals surface area (Å²) in [7, 11) is 0. The van der Waals surface area contributed by atoms with E-state index in [4.69, 9.17) is 4.74 Å². The van der Waals surface area contributed by atoms with Crippen LogP contribution in [0, 0.1) is 11.8 Å². The summed E-state index contributed by atoms with van der Waals surface area (Å²) in [5, 5.41) is 15.2. The summed E-state index contributed by atoms with van der Waals surface area (Å²) in [5.41, 5.74) is 0.649. The zero-order valence-corrected chi connectivity index (χ0v) is 23.3. The van der Waals surface area contributed by atoms with E-state index in [2.05, 4.69) is 33.5 Å². The average molecular weight is 583 g/mol. The first-order valence-corrected chi connectivity index (χ1v) is 14.7. The summed E-state index contributed by atoms with van der Waals surface area (Å²) in [4.78, 5) is 42.7. The minimum atomic E-state index is -0.647. The monoisotopic (exact) mass is 581 g/mol. The molecule has 3 aliphatic rings. The fourth-order valence-corrected chi connectivity index (χ4v) is 9.49. The van der Waals surface area contributed by atoms with E-state index < -0.39 is 22.6 Å². The summed E-state index contributed by atoms with van der Waals surface area (Å²) in [6.07, 6.45) is 3.67. The Kier molecular flexibility index (Phi) is 8.88. The molecule has 3 amide bonds. The number of amides is 3. The quantitative estimate of drug-likeness (QED) is 0.258. The van der Waals surface area contributed by atoms with Gasteiger partial charge in [-0.2, -0.15) is 0 Å². The fourth-order valence-electron chi connectivity index (χ4n) is 5.88. The molecule has 198 valence electrons. The number of aliphatic hydroxyl groups is 1. The second-order valence-electron chi connectivity index (χ2n) is 9.72. The topological polar surface area (TPSA) is 108 Å². The van der Waals surface area contributed by atoms with Gasteiger partial charge >= 0.3 is 0 Å². The number of thioether (sulfide) groups is 1. The number of alkyl halides is 1. The highest BCUT2D eigenvalue weighted by Gasteiger charge is 2.75. The van der Waals surface area contributed by atoms with Gasteiger partial charge in [-0.25, -0.2) is 0 Å². The minimum absolute atomic E-state index is 0.0333. The number of nitrogens with zero attached hydrogens (tertiary/aromatic N) is 1. The van der Waals surface area contributed by atoms with Crippen molar-refractivity contribution in [3.05, 3.63) is 24.3 Å². The van der Waals surface area contributed by atoms with Gasteiger partial charge in [-0.15, -0.1) is 11.8 Å². The first kappa shape index (κ1) is 27.3. The third kappa shape index (κ3) is 5.00. The third-order valence-electron chi connectivity index (χ3n) is 7.41. The smallest absolute Gasteiger partial charge is 0.244 e. The van der Waals surface area contributed by atoms with Crippen LogP contribution in [0.2, 0.25) is 0 Å². The highest BCUT2D eigenvalue weighted by molar-refractivity contribution is 9.09. The molecule has 0 aromatic heterocycles. The van der Waals surface area contributed by atoms with Gasteiger partial charge in [0.25, 0.3) is 0 Å². The van der Waals surface area contributed by atoms with Gasteiger partial charge in [-0.3, -0.25) is 14.4 Å². The van der Waals surface area contributed by atoms with Crippen molar-refractivity contribution in [1.82, 2.24) is 10.2 Å². The number of unbranched alkanes of at least 4 members (excludes halogenated alkanes) is 2. The lowest BCUT2D eigenvalue weighted by Gasteiger charge is -2.35. The average Bonchev–Trinajstić information content (AvgIpc) is 3.44. The second-order valence-corrected chi connectivity index (χ2v) is 12.4. The first-order valence-electron chi connectivity index (χ1n) is 12.9. The highest BCUT2D eigenvalue weighted by Crippen LogP contribution is 2.67. The number of carbonyl (C=O) groups excluding carboxylic acids is 3. The van der Waals surface area contributed by atoms with Crippen LogP contribution in [0.3, 0.4) is 0 Å². The summed E-state index contributed by atoms with van der Waals surface area (Å²) >= 11 is 5.42. The van der Waals surface area contributed by atoms with Gasteiger partial charge in [0.2, 0.25) is 17.7 Å². The molecule has 3 fully saturated rings. The standard InChI is InChI=1S/C26H36BrN3O5S/c1-3-5-12-28-24(33)22-26-15-18(27)21(36-26)19(20(26)25(34)30(22)13-6-7-14-31)23(32)29-16-8-10-17(11-9-16)35-4-2/h8-11,18-22,31H,3-7,12-15H2,1-2H3,(H,28,33)(H,29,32)/t18?,19-,20+,21-,22?,26?/m1/s1. The Morgan fingerprint density at radius 2 is 1.94 bits per heavy atom. The molecule has 3 N–H and O–H groups in total. The number of halogens is 1. The Balaban J connectivity index is 1.60. The van der Waals surface area contributed by atoms with Gasteiger partial charge in [-0.1, -0.05) is 29.3 Å². The lowest BCUT2D eigenvalue weighted by molar-refractivity contribution is -0.139. The zero-order valence-electron chi connectivity index (χ0n) is 20.9. The summed E-state index contributed by atoms with van der Waals surface area (Å²) in [5.74, 6) is -0.815. The van der Waals surface area contributed by atoms with E-state index in [0.717, 1.165) is 18.6 Å². The van der Waals surface area contributed by atoms with E-state index in [-0.39, 0.29) is 34.4 Å². The van der Waals surface area contributed by atoms with Crippen molar-refractivity contribution in [2.45, 2.75) is 66.8 Å². The molecule has 3 unspecified atom stereocenters. The summed E-state index contributed by atoms with van der Waals surface area (Å²) in [6.45, 7) is 5.55. The number of likely N-dealkylation sites (tertiary alicyclic amines) is 1. The van der Waals surface area contributed by atoms with E-state index in [9.17, 15) is 19.5 Å². The molecule has 1 aromatic carbocycles. The first-order chi connectivity index (χ1) is 17.4. The number of nitrogens with one attached hydrogen (secondary N) is 2. The largest absolute Gasteiger partial charge is 0.494 e. The molecule has 10 heteroatoms. The third-order valence-corrected chi connectivity index (χ3v) is 10.6. The molecule has 1 spiro atoms. The maximum atomic E-state index is 13.9. The predicted octanol–water partition coefficient (Wildman–Crippen LogP) is 3.18. The van der Waals surface area contributed by atoms with Gasteiger partial charge < -0.3 is 25.4 Å². The number of aliphatic hydroxyl groups excluding tert-OH is 1. The van der Waals surface area contributed by atoms with Crippen molar-refractivity contribution < 1.29 is 24.2 Å². The second kappa shape index (κ2) is 11.7. The molecule has 36 heavy (non-hydrogen) atoms. The van der Waals surface area contributed by atoms with Gasteiger partial charge in [-0.05, 0) is 56.9 Å². The van der Waals surface area contributed by atoms with Gasteiger partial charge in [0.05, 0.1) is 23.2 Å². The number of ether oxygens (including phenoxy) is 1. The number of benzene rings is 1. The Labute approximate surface area is 225 Å². The number of hydrogen-bond donors (Lipinski definition) is 3. The predicted molar refractivity (Wildman–Crippen MR) is 144 cm³/mol.